The van der Waals surface area contributed by atoms with Gasteiger partial charge in [-0.15, -0.1) is 0 Å². The molecular formula is C14H23N3O2. The summed E-state index contributed by atoms with van der Waals surface area (Å²) in [6.45, 7) is 4.58. The topological polar surface area (TPSA) is 67.2 Å². The molecule has 0 aromatic carbocycles. The number of nitrogens with one attached hydrogen (secondary N) is 2. The maximum absolute atomic E-state index is 11.7. The third kappa shape index (κ3) is 4.67. The molecule has 2 rings (SSSR count). The van der Waals surface area contributed by atoms with Crippen molar-refractivity contribution in [1.29, 1.82) is 0 Å². The minimum Gasteiger partial charge on any atom is -0.444 e. The molecule has 1 amide bonds. The maximum Gasteiger partial charge on any atom is 0.220 e. The van der Waals surface area contributed by atoms with E-state index >= 15 is 0 Å². The molecule has 0 atom stereocenters. The Kier molecular flexibility index (Phi) is 5.39. The lowest BCUT2D eigenvalue weighted by Gasteiger charge is -2.22. The Morgan fingerprint density at radius 1 is 1.53 bits per heavy atom. The van der Waals surface area contributed by atoms with E-state index in [-0.39, 0.29) is 5.91 Å². The van der Waals surface area contributed by atoms with Gasteiger partial charge in [0.25, 0.3) is 0 Å². The fourth-order valence-electron chi connectivity index (χ4n) is 2.36. The van der Waals surface area contributed by atoms with Gasteiger partial charge in [0.15, 0.2) is 0 Å². The van der Waals surface area contributed by atoms with E-state index in [0.717, 1.165) is 31.7 Å². The zero-order valence-corrected chi connectivity index (χ0v) is 11.6. The Hall–Kier alpha value is -1.36. The van der Waals surface area contributed by atoms with E-state index in [1.165, 1.54) is 12.8 Å². The summed E-state index contributed by atoms with van der Waals surface area (Å²) in [6, 6.07) is 0. The van der Waals surface area contributed by atoms with Crippen LogP contribution in [0.5, 0.6) is 0 Å². The van der Waals surface area contributed by atoms with Crippen LogP contribution in [0.3, 0.4) is 0 Å². The predicted molar refractivity (Wildman–Crippen MR) is 72.6 cm³/mol. The van der Waals surface area contributed by atoms with Crippen molar-refractivity contribution >= 4 is 5.91 Å². The van der Waals surface area contributed by atoms with E-state index in [4.69, 9.17) is 4.42 Å². The summed E-state index contributed by atoms with van der Waals surface area (Å²) in [5, 5.41) is 6.20. The fraction of sp³-hybridized carbons (Fsp3) is 0.714. The molecule has 0 unspecified atom stereocenters. The third-order valence-electron chi connectivity index (χ3n) is 3.63. The van der Waals surface area contributed by atoms with Crippen molar-refractivity contribution in [3.05, 3.63) is 17.8 Å². The molecule has 1 aliphatic heterocycles. The van der Waals surface area contributed by atoms with Gasteiger partial charge in [0, 0.05) is 12.8 Å². The molecule has 1 saturated heterocycles. The first kappa shape index (κ1) is 14.1. The first-order valence-corrected chi connectivity index (χ1v) is 7.19. The number of rotatable bonds is 6. The van der Waals surface area contributed by atoms with Crippen molar-refractivity contribution in [3.8, 4) is 0 Å². The van der Waals surface area contributed by atoms with Gasteiger partial charge in [-0.2, -0.15) is 0 Å². The average Bonchev–Trinajstić information content (AvgIpc) is 2.92. The maximum atomic E-state index is 11.7. The normalized spacial score (nSPS) is 16.5. The van der Waals surface area contributed by atoms with Gasteiger partial charge in [0.1, 0.15) is 5.76 Å². The van der Waals surface area contributed by atoms with E-state index in [2.05, 4.69) is 15.6 Å². The number of carbonyl (C=O) groups excluding carboxylic acids is 1. The fourth-order valence-corrected chi connectivity index (χ4v) is 2.36. The number of amides is 1. The average molecular weight is 265 g/mol. The monoisotopic (exact) mass is 265 g/mol. The number of aromatic nitrogens is 1. The van der Waals surface area contributed by atoms with Crippen LogP contribution in [0.2, 0.25) is 0 Å². The van der Waals surface area contributed by atoms with E-state index < -0.39 is 0 Å². The smallest absolute Gasteiger partial charge is 0.220 e. The van der Waals surface area contributed by atoms with Gasteiger partial charge in [-0.1, -0.05) is 6.92 Å². The molecule has 2 heterocycles. The van der Waals surface area contributed by atoms with Gasteiger partial charge in [-0.3, -0.25) is 4.79 Å². The molecule has 1 aromatic heterocycles. The number of nitrogens with zero attached hydrogens (tertiary/aromatic N) is 1. The lowest BCUT2D eigenvalue weighted by atomic mass is 9.93. The van der Waals surface area contributed by atoms with Crippen LogP contribution in [0, 0.1) is 5.92 Å². The number of aryl methyl sites for hydroxylation is 1. The number of carbonyl (C=O) groups is 1. The summed E-state index contributed by atoms with van der Waals surface area (Å²) in [7, 11) is 0. The first-order valence-electron chi connectivity index (χ1n) is 7.19. The van der Waals surface area contributed by atoms with E-state index in [0.29, 0.717) is 24.8 Å². The second-order valence-electron chi connectivity index (χ2n) is 5.08. The molecule has 5 nitrogen and oxygen atoms in total. The molecule has 19 heavy (non-hydrogen) atoms. The molecule has 5 heteroatoms. The van der Waals surface area contributed by atoms with Crippen LogP contribution in [-0.2, 0) is 17.8 Å². The molecule has 0 spiro atoms. The van der Waals surface area contributed by atoms with Gasteiger partial charge in [-0.05, 0) is 38.3 Å². The highest BCUT2D eigenvalue weighted by Crippen LogP contribution is 2.17. The highest BCUT2D eigenvalue weighted by atomic mass is 16.4. The Labute approximate surface area is 114 Å². The van der Waals surface area contributed by atoms with Crippen LogP contribution >= 0.6 is 0 Å². The number of oxazole rings is 1. The van der Waals surface area contributed by atoms with Crippen molar-refractivity contribution < 1.29 is 9.21 Å². The molecular weight excluding hydrogens is 242 g/mol. The minimum atomic E-state index is 0.0924. The SMILES string of the molecule is CCc1cnc(CNC(=O)CCC2CCNCC2)o1. The van der Waals surface area contributed by atoms with Crippen molar-refractivity contribution in [2.24, 2.45) is 5.92 Å². The molecule has 1 fully saturated rings. The van der Waals surface area contributed by atoms with Crippen LogP contribution in [0.1, 0.15) is 44.3 Å². The van der Waals surface area contributed by atoms with Crippen LogP contribution in [0.4, 0.5) is 0 Å². The molecule has 0 radical (unpaired) electrons. The molecule has 1 aromatic rings. The van der Waals surface area contributed by atoms with Crippen molar-refractivity contribution in [2.45, 2.75) is 45.6 Å². The van der Waals surface area contributed by atoms with Crippen LogP contribution in [0.25, 0.3) is 0 Å². The number of hydrogen-bond donors (Lipinski definition) is 2. The summed E-state index contributed by atoms with van der Waals surface area (Å²) in [6.07, 6.45) is 6.51. The highest BCUT2D eigenvalue weighted by Gasteiger charge is 2.14. The highest BCUT2D eigenvalue weighted by molar-refractivity contribution is 5.75. The molecule has 1 aliphatic rings. The summed E-state index contributed by atoms with van der Waals surface area (Å²) in [5.74, 6) is 2.24. The molecule has 0 aliphatic carbocycles. The lowest BCUT2D eigenvalue weighted by molar-refractivity contribution is -0.121. The first-order chi connectivity index (χ1) is 9.28. The Balaban J connectivity index is 1.63. The van der Waals surface area contributed by atoms with Crippen molar-refractivity contribution in [1.82, 2.24) is 15.6 Å². The predicted octanol–water partition coefficient (Wildman–Crippen LogP) is 1.63. The zero-order chi connectivity index (χ0) is 13.5. The van der Waals surface area contributed by atoms with Crippen LogP contribution in [0.15, 0.2) is 10.6 Å². The summed E-state index contributed by atoms with van der Waals surface area (Å²) in [5.41, 5.74) is 0. The zero-order valence-electron chi connectivity index (χ0n) is 11.6. The lowest BCUT2D eigenvalue weighted by Crippen LogP contribution is -2.29. The molecule has 0 saturated carbocycles. The quantitative estimate of drug-likeness (QED) is 0.820. The van der Waals surface area contributed by atoms with E-state index in [9.17, 15) is 4.79 Å². The van der Waals surface area contributed by atoms with Crippen LogP contribution in [-0.4, -0.2) is 24.0 Å². The Morgan fingerprint density at radius 2 is 2.32 bits per heavy atom. The molecule has 106 valence electrons. The largest absolute Gasteiger partial charge is 0.444 e. The number of piperidine rings is 1. The van der Waals surface area contributed by atoms with Gasteiger partial charge in [0.05, 0.1) is 12.7 Å². The summed E-state index contributed by atoms with van der Waals surface area (Å²) in [4.78, 5) is 15.9. The standard InChI is InChI=1S/C14H23N3O2/c1-2-12-9-17-14(19-12)10-16-13(18)4-3-11-5-7-15-8-6-11/h9,11,15H,2-8,10H2,1H3,(H,16,18). The van der Waals surface area contributed by atoms with E-state index in [1.807, 2.05) is 6.92 Å². The Bertz CT molecular complexity index is 397. The Morgan fingerprint density at radius 3 is 3.00 bits per heavy atom. The van der Waals surface area contributed by atoms with Gasteiger partial charge in [-0.25, -0.2) is 4.98 Å². The number of hydrogen-bond acceptors (Lipinski definition) is 4. The van der Waals surface area contributed by atoms with Crippen molar-refractivity contribution in [2.75, 3.05) is 13.1 Å². The van der Waals surface area contributed by atoms with Gasteiger partial charge in [0.2, 0.25) is 11.8 Å². The third-order valence-corrected chi connectivity index (χ3v) is 3.63. The second-order valence-corrected chi connectivity index (χ2v) is 5.08. The van der Waals surface area contributed by atoms with Crippen LogP contribution < -0.4 is 10.6 Å². The molecule has 0 bridgehead atoms. The second kappa shape index (κ2) is 7.28. The molecule has 2 N–H and O–H groups in total. The van der Waals surface area contributed by atoms with Crippen molar-refractivity contribution in [3.63, 3.8) is 0 Å². The van der Waals surface area contributed by atoms with Gasteiger partial charge >= 0.3 is 0 Å². The van der Waals surface area contributed by atoms with Gasteiger partial charge < -0.3 is 15.1 Å². The van der Waals surface area contributed by atoms with E-state index in [1.54, 1.807) is 6.20 Å². The minimum absolute atomic E-state index is 0.0924. The summed E-state index contributed by atoms with van der Waals surface area (Å²) >= 11 is 0. The summed E-state index contributed by atoms with van der Waals surface area (Å²) < 4.78 is 5.44.